The van der Waals surface area contributed by atoms with Crippen LogP contribution in [-0.4, -0.2) is 33.2 Å². The van der Waals surface area contributed by atoms with Crippen LogP contribution in [-0.2, 0) is 6.54 Å². The molecule has 0 saturated carbocycles. The van der Waals surface area contributed by atoms with Crippen molar-refractivity contribution in [1.82, 2.24) is 19.0 Å². The van der Waals surface area contributed by atoms with Crippen molar-refractivity contribution < 1.29 is 9.68 Å². The van der Waals surface area contributed by atoms with Crippen molar-refractivity contribution in [1.29, 1.82) is 0 Å². The van der Waals surface area contributed by atoms with E-state index in [1.54, 1.807) is 0 Å². The van der Waals surface area contributed by atoms with E-state index in [2.05, 4.69) is 10.9 Å². The minimum atomic E-state index is -0.686. The monoisotopic (exact) mass is 250 g/mol. The van der Waals surface area contributed by atoms with Gasteiger partial charge in [-0.1, -0.05) is 5.92 Å². The molecule has 0 aromatic carbocycles. The first-order valence-electron chi connectivity index (χ1n) is 4.91. The van der Waals surface area contributed by atoms with Gasteiger partial charge in [-0.3, -0.25) is 4.79 Å². The molecular formula is C10H10N4O4. The molecule has 0 aliphatic heterocycles. The number of nitrogens with zero attached hydrogens (tertiary/aromatic N) is 4. The molecule has 2 aromatic rings. The quantitative estimate of drug-likeness (QED) is 0.595. The molecule has 0 aliphatic rings. The maximum Gasteiger partial charge on any atom is 0.366 e. The molecule has 94 valence electrons. The summed E-state index contributed by atoms with van der Waals surface area (Å²) in [6, 6.07) is 0. The van der Waals surface area contributed by atoms with E-state index < -0.39 is 11.2 Å². The van der Waals surface area contributed by atoms with Gasteiger partial charge >= 0.3 is 5.69 Å². The van der Waals surface area contributed by atoms with Crippen molar-refractivity contribution >= 4 is 11.2 Å². The standard InChI is InChI=1S/C10H10N4O4/c1-4-5-12-9(15)7-8(11-6-13(7)17-2)14(18-3)10(12)16/h1,6H,5H2,2-3H3. The predicted octanol–water partition coefficient (Wildman–Crippen LogP) is -1.89. The molecule has 0 bridgehead atoms. The summed E-state index contributed by atoms with van der Waals surface area (Å²) >= 11 is 0. The largest absolute Gasteiger partial charge is 0.415 e. The van der Waals surface area contributed by atoms with Gasteiger partial charge in [-0.2, -0.15) is 4.73 Å². The molecule has 0 amide bonds. The molecule has 2 rings (SSSR count). The molecule has 2 aromatic heterocycles. The van der Waals surface area contributed by atoms with Crippen LogP contribution in [0.2, 0.25) is 0 Å². The summed E-state index contributed by atoms with van der Waals surface area (Å²) in [7, 11) is 2.66. The van der Waals surface area contributed by atoms with Crippen LogP contribution in [0.4, 0.5) is 0 Å². The number of aromatic nitrogens is 4. The number of hydrogen-bond donors (Lipinski definition) is 0. The number of fused-ring (bicyclic) bond motifs is 1. The van der Waals surface area contributed by atoms with Crippen LogP contribution < -0.4 is 20.9 Å². The Bertz CT molecular complexity index is 746. The third-order valence-corrected chi connectivity index (χ3v) is 2.39. The fourth-order valence-corrected chi connectivity index (χ4v) is 1.61. The normalized spacial score (nSPS) is 10.3. The van der Waals surface area contributed by atoms with Crippen molar-refractivity contribution in [2.45, 2.75) is 6.54 Å². The minimum Gasteiger partial charge on any atom is -0.415 e. The smallest absolute Gasteiger partial charge is 0.366 e. The Labute approximate surface area is 101 Å². The van der Waals surface area contributed by atoms with E-state index in [4.69, 9.17) is 16.1 Å². The molecule has 8 nitrogen and oxygen atoms in total. The second kappa shape index (κ2) is 4.29. The number of terminal acetylenes is 1. The van der Waals surface area contributed by atoms with E-state index in [1.165, 1.54) is 20.5 Å². The van der Waals surface area contributed by atoms with Crippen LogP contribution in [0.1, 0.15) is 0 Å². The van der Waals surface area contributed by atoms with Gasteiger partial charge in [-0.15, -0.1) is 11.2 Å². The van der Waals surface area contributed by atoms with E-state index in [0.717, 1.165) is 14.0 Å². The summed E-state index contributed by atoms with van der Waals surface area (Å²) in [5.41, 5.74) is -1.12. The first-order chi connectivity index (χ1) is 8.65. The summed E-state index contributed by atoms with van der Waals surface area (Å²) in [4.78, 5) is 37.8. The van der Waals surface area contributed by atoms with Gasteiger partial charge in [0, 0.05) is 0 Å². The number of rotatable bonds is 3. The van der Waals surface area contributed by atoms with E-state index in [9.17, 15) is 9.59 Å². The zero-order valence-electron chi connectivity index (χ0n) is 9.78. The van der Waals surface area contributed by atoms with Crippen LogP contribution in [0.5, 0.6) is 0 Å². The second-order valence-electron chi connectivity index (χ2n) is 3.28. The van der Waals surface area contributed by atoms with Gasteiger partial charge in [0.25, 0.3) is 5.56 Å². The average molecular weight is 250 g/mol. The maximum atomic E-state index is 12.1. The number of imidazole rings is 1. The predicted molar refractivity (Wildman–Crippen MR) is 62.1 cm³/mol. The van der Waals surface area contributed by atoms with Crippen LogP contribution in [0, 0.1) is 12.3 Å². The molecule has 18 heavy (non-hydrogen) atoms. The first kappa shape index (κ1) is 11.8. The highest BCUT2D eigenvalue weighted by Gasteiger charge is 2.18. The van der Waals surface area contributed by atoms with Gasteiger partial charge in [0.05, 0.1) is 6.54 Å². The fourth-order valence-electron chi connectivity index (χ4n) is 1.61. The summed E-state index contributed by atoms with van der Waals surface area (Å²) in [5, 5.41) is 0. The summed E-state index contributed by atoms with van der Waals surface area (Å²) in [5.74, 6) is 2.23. The summed E-state index contributed by atoms with van der Waals surface area (Å²) in [6.07, 6.45) is 6.39. The molecule has 0 atom stereocenters. The third kappa shape index (κ3) is 1.45. The first-order valence-corrected chi connectivity index (χ1v) is 4.91. The summed E-state index contributed by atoms with van der Waals surface area (Å²) < 4.78 is 2.88. The second-order valence-corrected chi connectivity index (χ2v) is 3.28. The zero-order chi connectivity index (χ0) is 13.3. The number of hydrogen-bond acceptors (Lipinski definition) is 5. The van der Waals surface area contributed by atoms with Crippen molar-refractivity contribution in [3.63, 3.8) is 0 Å². The van der Waals surface area contributed by atoms with E-state index in [0.29, 0.717) is 0 Å². The fraction of sp³-hybridized carbons (Fsp3) is 0.300. The molecule has 0 saturated heterocycles. The average Bonchev–Trinajstić information content (AvgIpc) is 2.79. The van der Waals surface area contributed by atoms with E-state index in [-0.39, 0.29) is 17.7 Å². The van der Waals surface area contributed by atoms with E-state index in [1.807, 2.05) is 0 Å². The van der Waals surface area contributed by atoms with Gasteiger partial charge in [0.2, 0.25) is 5.65 Å². The lowest BCUT2D eigenvalue weighted by Crippen LogP contribution is -2.42. The molecule has 0 radical (unpaired) electrons. The molecular weight excluding hydrogens is 240 g/mol. The van der Waals surface area contributed by atoms with Gasteiger partial charge in [0.15, 0.2) is 5.52 Å². The molecule has 8 heteroatoms. The molecule has 0 N–H and O–H groups in total. The van der Waals surface area contributed by atoms with Gasteiger partial charge in [-0.25, -0.2) is 14.3 Å². The van der Waals surface area contributed by atoms with Crippen LogP contribution >= 0.6 is 0 Å². The Morgan fingerprint density at radius 1 is 1.39 bits per heavy atom. The lowest BCUT2D eigenvalue weighted by Gasteiger charge is -2.08. The van der Waals surface area contributed by atoms with Crippen molar-refractivity contribution in [3.8, 4) is 12.3 Å². The van der Waals surface area contributed by atoms with Crippen LogP contribution in [0.3, 0.4) is 0 Å². The molecule has 0 unspecified atom stereocenters. The Balaban J connectivity index is 3.00. The highest BCUT2D eigenvalue weighted by Crippen LogP contribution is 2.03. The lowest BCUT2D eigenvalue weighted by molar-refractivity contribution is 0.156. The van der Waals surface area contributed by atoms with E-state index >= 15 is 0 Å². The molecule has 0 fully saturated rings. The van der Waals surface area contributed by atoms with Crippen LogP contribution in [0.25, 0.3) is 11.2 Å². The Kier molecular flexibility index (Phi) is 2.81. The topological polar surface area (TPSA) is 80.3 Å². The maximum absolute atomic E-state index is 12.1. The zero-order valence-corrected chi connectivity index (χ0v) is 9.78. The minimum absolute atomic E-state index is 0.0719. The Morgan fingerprint density at radius 3 is 2.67 bits per heavy atom. The summed E-state index contributed by atoms with van der Waals surface area (Å²) in [6.45, 7) is -0.161. The van der Waals surface area contributed by atoms with Gasteiger partial charge in [-0.05, 0) is 0 Å². The Morgan fingerprint density at radius 2 is 2.11 bits per heavy atom. The SMILES string of the molecule is C#CCn1c(=O)c2c(ncn2OC)n(OC)c1=O. The van der Waals surface area contributed by atoms with Gasteiger partial charge < -0.3 is 9.68 Å². The van der Waals surface area contributed by atoms with Crippen molar-refractivity contribution in [3.05, 3.63) is 27.2 Å². The van der Waals surface area contributed by atoms with Crippen molar-refractivity contribution in [2.24, 2.45) is 0 Å². The molecule has 2 heterocycles. The highest BCUT2D eigenvalue weighted by atomic mass is 16.7. The third-order valence-electron chi connectivity index (χ3n) is 2.39. The molecule has 0 spiro atoms. The van der Waals surface area contributed by atoms with Gasteiger partial charge in [0.1, 0.15) is 20.5 Å². The van der Waals surface area contributed by atoms with Crippen molar-refractivity contribution in [2.75, 3.05) is 14.2 Å². The Hall–Kier alpha value is -2.69. The highest BCUT2D eigenvalue weighted by molar-refractivity contribution is 5.69. The van der Waals surface area contributed by atoms with Crippen LogP contribution in [0.15, 0.2) is 15.9 Å². The lowest BCUT2D eigenvalue weighted by atomic mass is 10.5. The molecule has 0 aliphatic carbocycles.